The number of hydrogen-bond donors (Lipinski definition) is 1. The lowest BCUT2D eigenvalue weighted by Gasteiger charge is -2.24. The topological polar surface area (TPSA) is 15.3 Å². The van der Waals surface area contributed by atoms with E-state index in [0.29, 0.717) is 0 Å². The van der Waals surface area contributed by atoms with Gasteiger partial charge in [0.15, 0.2) is 0 Å². The summed E-state index contributed by atoms with van der Waals surface area (Å²) in [5.41, 5.74) is 0. The van der Waals surface area contributed by atoms with Crippen molar-refractivity contribution >= 4 is 11.8 Å². The van der Waals surface area contributed by atoms with Crippen molar-refractivity contribution in [2.75, 3.05) is 37.7 Å². The molecule has 0 aromatic rings. The molecule has 1 fully saturated rings. The van der Waals surface area contributed by atoms with Gasteiger partial charge in [-0.05, 0) is 63.2 Å². The van der Waals surface area contributed by atoms with Gasteiger partial charge in [0.05, 0.1) is 0 Å². The Balaban J connectivity index is 2.11. The number of thioether (sulfide) groups is 1. The molecule has 102 valence electrons. The molecule has 2 unspecified atom stereocenters. The van der Waals surface area contributed by atoms with Crippen molar-refractivity contribution in [1.82, 2.24) is 10.2 Å². The van der Waals surface area contributed by atoms with E-state index in [1.165, 1.54) is 56.9 Å². The summed E-state index contributed by atoms with van der Waals surface area (Å²) in [6.45, 7) is 11.9. The van der Waals surface area contributed by atoms with Gasteiger partial charge in [-0.25, -0.2) is 0 Å². The third-order valence-corrected chi connectivity index (χ3v) is 4.62. The maximum absolute atomic E-state index is 3.56. The number of nitrogens with one attached hydrogen (secondary N) is 1. The molecule has 0 aliphatic carbocycles. The van der Waals surface area contributed by atoms with Crippen LogP contribution in [0, 0.1) is 5.92 Å². The van der Waals surface area contributed by atoms with Crippen LogP contribution in [0.3, 0.4) is 0 Å². The lowest BCUT2D eigenvalue weighted by molar-refractivity contribution is 0.244. The predicted molar refractivity (Wildman–Crippen MR) is 79.9 cm³/mol. The number of hydrogen-bond acceptors (Lipinski definition) is 3. The fourth-order valence-corrected chi connectivity index (χ4v) is 3.29. The van der Waals surface area contributed by atoms with E-state index in [4.69, 9.17) is 0 Å². The molecule has 0 spiro atoms. The summed E-state index contributed by atoms with van der Waals surface area (Å²) >= 11 is 2.07. The Labute approximate surface area is 112 Å². The van der Waals surface area contributed by atoms with E-state index in [1.807, 2.05) is 0 Å². The highest BCUT2D eigenvalue weighted by molar-refractivity contribution is 7.99. The van der Waals surface area contributed by atoms with E-state index in [0.717, 1.165) is 12.0 Å². The number of likely N-dealkylation sites (tertiary alicyclic amines) is 1. The van der Waals surface area contributed by atoms with E-state index in [2.05, 4.69) is 42.7 Å². The SMILES string of the molecule is CCCNCC1CCN(C(C)CCSCC)C1. The predicted octanol–water partition coefficient (Wildman–Crippen LogP) is 2.84. The minimum Gasteiger partial charge on any atom is -0.316 e. The summed E-state index contributed by atoms with van der Waals surface area (Å²) in [4.78, 5) is 2.69. The molecule has 1 N–H and O–H groups in total. The first kappa shape index (κ1) is 15.3. The van der Waals surface area contributed by atoms with Gasteiger partial charge in [0.1, 0.15) is 0 Å². The molecule has 3 heteroatoms. The van der Waals surface area contributed by atoms with Crippen molar-refractivity contribution in [2.24, 2.45) is 5.92 Å². The fourth-order valence-electron chi connectivity index (χ4n) is 2.49. The number of nitrogens with zero attached hydrogens (tertiary/aromatic N) is 1. The van der Waals surface area contributed by atoms with Gasteiger partial charge in [0.25, 0.3) is 0 Å². The van der Waals surface area contributed by atoms with E-state index in [1.54, 1.807) is 0 Å². The van der Waals surface area contributed by atoms with Gasteiger partial charge in [-0.15, -0.1) is 0 Å². The molecule has 2 atom stereocenters. The van der Waals surface area contributed by atoms with E-state index >= 15 is 0 Å². The van der Waals surface area contributed by atoms with Gasteiger partial charge in [-0.2, -0.15) is 11.8 Å². The molecular weight excluding hydrogens is 228 g/mol. The Morgan fingerprint density at radius 3 is 2.94 bits per heavy atom. The Hall–Kier alpha value is 0.270. The van der Waals surface area contributed by atoms with Crippen LogP contribution in [0.1, 0.15) is 40.0 Å². The monoisotopic (exact) mass is 258 g/mol. The summed E-state index contributed by atoms with van der Waals surface area (Å²) in [6, 6.07) is 0.783. The molecular formula is C14H30N2S. The van der Waals surface area contributed by atoms with Gasteiger partial charge in [-0.1, -0.05) is 13.8 Å². The van der Waals surface area contributed by atoms with Crippen LogP contribution in [0.4, 0.5) is 0 Å². The van der Waals surface area contributed by atoms with Gasteiger partial charge >= 0.3 is 0 Å². The number of rotatable bonds is 9. The highest BCUT2D eigenvalue weighted by Crippen LogP contribution is 2.20. The molecule has 2 nitrogen and oxygen atoms in total. The Morgan fingerprint density at radius 2 is 2.24 bits per heavy atom. The molecule has 0 radical (unpaired) electrons. The second-order valence-corrected chi connectivity index (χ2v) is 6.58. The average Bonchev–Trinajstić information content (AvgIpc) is 2.78. The normalized spacial score (nSPS) is 23.1. The lowest BCUT2D eigenvalue weighted by Crippen LogP contribution is -2.33. The van der Waals surface area contributed by atoms with Crippen molar-refractivity contribution < 1.29 is 0 Å². The maximum Gasteiger partial charge on any atom is 0.00749 e. The minimum atomic E-state index is 0.783. The zero-order chi connectivity index (χ0) is 12.5. The highest BCUT2D eigenvalue weighted by Gasteiger charge is 2.25. The van der Waals surface area contributed by atoms with Crippen LogP contribution in [0.5, 0.6) is 0 Å². The largest absolute Gasteiger partial charge is 0.316 e. The van der Waals surface area contributed by atoms with Gasteiger partial charge in [0, 0.05) is 12.6 Å². The smallest absolute Gasteiger partial charge is 0.00749 e. The molecule has 1 aliphatic heterocycles. The highest BCUT2D eigenvalue weighted by atomic mass is 32.2. The first-order valence-corrected chi connectivity index (χ1v) is 8.45. The van der Waals surface area contributed by atoms with Crippen LogP contribution in [-0.4, -0.2) is 48.6 Å². The maximum atomic E-state index is 3.56. The van der Waals surface area contributed by atoms with E-state index in [-0.39, 0.29) is 0 Å². The molecule has 1 saturated heterocycles. The van der Waals surface area contributed by atoms with Crippen molar-refractivity contribution in [3.63, 3.8) is 0 Å². The quantitative estimate of drug-likeness (QED) is 0.640. The van der Waals surface area contributed by atoms with Crippen molar-refractivity contribution in [3.8, 4) is 0 Å². The second-order valence-electron chi connectivity index (χ2n) is 5.19. The fraction of sp³-hybridized carbons (Fsp3) is 1.00. The second kappa shape index (κ2) is 9.23. The Morgan fingerprint density at radius 1 is 1.41 bits per heavy atom. The molecule has 0 aromatic carbocycles. The van der Waals surface area contributed by atoms with Crippen molar-refractivity contribution in [3.05, 3.63) is 0 Å². The van der Waals surface area contributed by atoms with Gasteiger partial charge < -0.3 is 10.2 Å². The van der Waals surface area contributed by atoms with Crippen molar-refractivity contribution in [1.29, 1.82) is 0 Å². The molecule has 0 amide bonds. The summed E-state index contributed by atoms with van der Waals surface area (Å²) in [5, 5.41) is 3.56. The van der Waals surface area contributed by atoms with E-state index < -0.39 is 0 Å². The Kier molecular flexibility index (Phi) is 8.33. The zero-order valence-corrected chi connectivity index (χ0v) is 12.7. The van der Waals surface area contributed by atoms with Crippen molar-refractivity contribution in [2.45, 2.75) is 46.1 Å². The van der Waals surface area contributed by atoms with Gasteiger partial charge in [-0.3, -0.25) is 0 Å². The van der Waals surface area contributed by atoms with Crippen LogP contribution < -0.4 is 5.32 Å². The summed E-state index contributed by atoms with van der Waals surface area (Å²) in [6.07, 6.45) is 4.00. The molecule has 1 aliphatic rings. The van der Waals surface area contributed by atoms with Crippen LogP contribution >= 0.6 is 11.8 Å². The molecule has 1 heterocycles. The summed E-state index contributed by atoms with van der Waals surface area (Å²) < 4.78 is 0. The third-order valence-electron chi connectivity index (χ3n) is 3.68. The molecule has 0 bridgehead atoms. The summed E-state index contributed by atoms with van der Waals surface area (Å²) in [5.74, 6) is 3.48. The molecule has 1 rings (SSSR count). The van der Waals surface area contributed by atoms with Crippen LogP contribution in [0.25, 0.3) is 0 Å². The lowest BCUT2D eigenvalue weighted by atomic mass is 10.1. The first-order valence-electron chi connectivity index (χ1n) is 7.30. The standard InChI is InChI=1S/C14H30N2S/c1-4-8-15-11-14-6-9-16(12-14)13(3)7-10-17-5-2/h13-15H,4-12H2,1-3H3. The zero-order valence-electron chi connectivity index (χ0n) is 11.9. The molecule has 0 aromatic heterocycles. The Bertz CT molecular complexity index is 187. The van der Waals surface area contributed by atoms with Crippen LogP contribution in [-0.2, 0) is 0 Å². The van der Waals surface area contributed by atoms with Crippen LogP contribution in [0.15, 0.2) is 0 Å². The molecule has 17 heavy (non-hydrogen) atoms. The minimum absolute atomic E-state index is 0.783. The first-order chi connectivity index (χ1) is 8.27. The molecule has 0 saturated carbocycles. The average molecular weight is 258 g/mol. The van der Waals surface area contributed by atoms with E-state index in [9.17, 15) is 0 Å². The third kappa shape index (κ3) is 6.12. The van der Waals surface area contributed by atoms with Crippen LogP contribution in [0.2, 0.25) is 0 Å². The van der Waals surface area contributed by atoms with Gasteiger partial charge in [0.2, 0.25) is 0 Å². The summed E-state index contributed by atoms with van der Waals surface area (Å²) in [7, 11) is 0.